The lowest BCUT2D eigenvalue weighted by Crippen LogP contribution is -2.32. The van der Waals surface area contributed by atoms with E-state index < -0.39 is 0 Å². The lowest BCUT2D eigenvalue weighted by Gasteiger charge is -2.12. The Morgan fingerprint density at radius 3 is 2.47 bits per heavy atom. The fourth-order valence-corrected chi connectivity index (χ4v) is 1.49. The summed E-state index contributed by atoms with van der Waals surface area (Å²) in [5, 5.41) is 2.76. The van der Waals surface area contributed by atoms with Crippen molar-refractivity contribution >= 4 is 17.3 Å². The largest absolute Gasteiger partial charge is 0.399 e. The highest BCUT2D eigenvalue weighted by molar-refractivity contribution is 5.96. The molecule has 1 atom stereocenters. The van der Waals surface area contributed by atoms with E-state index in [0.29, 0.717) is 30.1 Å². The van der Waals surface area contributed by atoms with E-state index >= 15 is 0 Å². The maximum Gasteiger partial charge on any atom is 0.251 e. The number of amides is 1. The van der Waals surface area contributed by atoms with Crippen molar-refractivity contribution in [2.24, 2.45) is 0 Å². The third-order valence-corrected chi connectivity index (χ3v) is 2.24. The van der Waals surface area contributed by atoms with Crippen LogP contribution in [0.4, 0.5) is 11.4 Å². The molecule has 1 aromatic carbocycles. The molecule has 1 unspecified atom stereocenters. The molecule has 0 aromatic heterocycles. The molecule has 0 radical (unpaired) electrons. The van der Waals surface area contributed by atoms with Crippen molar-refractivity contribution in [1.82, 2.24) is 5.32 Å². The highest BCUT2D eigenvalue weighted by Gasteiger charge is 2.08. The molecule has 0 saturated heterocycles. The number of carbonyl (C=O) groups excluding carboxylic acids is 1. The Morgan fingerprint density at radius 2 is 1.94 bits per heavy atom. The van der Waals surface area contributed by atoms with Crippen LogP contribution in [-0.2, 0) is 4.74 Å². The average molecular weight is 237 g/mol. The first-order valence-electron chi connectivity index (χ1n) is 5.58. The van der Waals surface area contributed by atoms with Crippen LogP contribution >= 0.6 is 0 Å². The second kappa shape index (κ2) is 6.10. The summed E-state index contributed by atoms with van der Waals surface area (Å²) in [6.07, 6.45) is -0.0117. The molecule has 5 nitrogen and oxygen atoms in total. The topological polar surface area (TPSA) is 90.4 Å². The van der Waals surface area contributed by atoms with Crippen molar-refractivity contribution in [3.8, 4) is 0 Å². The standard InChI is InChI=1S/C12H19N3O2/c1-3-17-8(2)7-15-12(16)9-4-10(13)6-11(14)5-9/h4-6,8H,3,7,13-14H2,1-2H3,(H,15,16). The van der Waals surface area contributed by atoms with Gasteiger partial charge in [-0.15, -0.1) is 0 Å². The van der Waals surface area contributed by atoms with E-state index in [1.165, 1.54) is 0 Å². The van der Waals surface area contributed by atoms with Crippen molar-refractivity contribution in [1.29, 1.82) is 0 Å². The van der Waals surface area contributed by atoms with Crippen molar-refractivity contribution in [2.75, 3.05) is 24.6 Å². The quantitative estimate of drug-likeness (QED) is 0.666. The lowest BCUT2D eigenvalue weighted by molar-refractivity contribution is 0.0695. The van der Waals surface area contributed by atoms with E-state index in [9.17, 15) is 4.79 Å². The Bertz CT molecular complexity index is 373. The van der Waals surface area contributed by atoms with Gasteiger partial charge in [0.1, 0.15) is 0 Å². The summed E-state index contributed by atoms with van der Waals surface area (Å²) in [5.74, 6) is -0.199. The monoisotopic (exact) mass is 237 g/mol. The van der Waals surface area contributed by atoms with Gasteiger partial charge in [-0.1, -0.05) is 0 Å². The highest BCUT2D eigenvalue weighted by Crippen LogP contribution is 2.13. The normalized spacial score (nSPS) is 12.1. The zero-order valence-electron chi connectivity index (χ0n) is 10.2. The molecule has 1 aromatic rings. The molecule has 0 aliphatic rings. The number of hydrogen-bond donors (Lipinski definition) is 3. The fourth-order valence-electron chi connectivity index (χ4n) is 1.49. The summed E-state index contributed by atoms with van der Waals surface area (Å²) in [6, 6.07) is 4.80. The lowest BCUT2D eigenvalue weighted by atomic mass is 10.1. The van der Waals surface area contributed by atoms with Gasteiger partial charge in [0.15, 0.2) is 0 Å². The summed E-state index contributed by atoms with van der Waals surface area (Å²) < 4.78 is 5.31. The predicted octanol–water partition coefficient (Wildman–Crippen LogP) is 1.01. The Hall–Kier alpha value is -1.75. The average Bonchev–Trinajstić information content (AvgIpc) is 2.25. The molecule has 5 N–H and O–H groups in total. The Labute approximate surface area is 101 Å². The van der Waals surface area contributed by atoms with Gasteiger partial charge in [0, 0.05) is 30.1 Å². The van der Waals surface area contributed by atoms with Crippen LogP contribution < -0.4 is 16.8 Å². The van der Waals surface area contributed by atoms with Gasteiger partial charge in [-0.05, 0) is 32.0 Å². The van der Waals surface area contributed by atoms with Gasteiger partial charge < -0.3 is 21.5 Å². The van der Waals surface area contributed by atoms with E-state index in [2.05, 4.69) is 5.32 Å². The molecule has 0 saturated carbocycles. The van der Waals surface area contributed by atoms with E-state index in [1.807, 2.05) is 13.8 Å². The minimum Gasteiger partial charge on any atom is -0.399 e. The van der Waals surface area contributed by atoms with Crippen LogP contribution in [0, 0.1) is 0 Å². The molecule has 0 fully saturated rings. The molecule has 0 aliphatic heterocycles. The minimum atomic E-state index is -0.199. The van der Waals surface area contributed by atoms with Gasteiger partial charge in [0.05, 0.1) is 6.10 Å². The molecular weight excluding hydrogens is 218 g/mol. The molecule has 0 bridgehead atoms. The number of nitrogens with two attached hydrogens (primary N) is 2. The molecule has 1 amide bonds. The fraction of sp³-hybridized carbons (Fsp3) is 0.417. The Kier molecular flexibility index (Phi) is 4.78. The molecule has 1 rings (SSSR count). The van der Waals surface area contributed by atoms with Gasteiger partial charge in [-0.25, -0.2) is 0 Å². The highest BCUT2D eigenvalue weighted by atomic mass is 16.5. The second-order valence-electron chi connectivity index (χ2n) is 3.86. The van der Waals surface area contributed by atoms with Crippen molar-refractivity contribution in [3.05, 3.63) is 23.8 Å². The number of benzene rings is 1. The smallest absolute Gasteiger partial charge is 0.251 e. The maximum atomic E-state index is 11.8. The molecule has 0 spiro atoms. The van der Waals surface area contributed by atoms with Crippen LogP contribution in [0.15, 0.2) is 18.2 Å². The zero-order valence-corrected chi connectivity index (χ0v) is 10.2. The van der Waals surface area contributed by atoms with Gasteiger partial charge in [-0.3, -0.25) is 4.79 Å². The first-order chi connectivity index (χ1) is 8.02. The first kappa shape index (κ1) is 13.3. The van der Waals surface area contributed by atoms with E-state index in [-0.39, 0.29) is 12.0 Å². The molecular formula is C12H19N3O2. The van der Waals surface area contributed by atoms with Crippen LogP contribution in [0.25, 0.3) is 0 Å². The summed E-state index contributed by atoms with van der Waals surface area (Å²) in [4.78, 5) is 11.8. The summed E-state index contributed by atoms with van der Waals surface area (Å²) in [5.41, 5.74) is 12.7. The van der Waals surface area contributed by atoms with Crippen molar-refractivity contribution in [3.63, 3.8) is 0 Å². The maximum absolute atomic E-state index is 11.8. The second-order valence-corrected chi connectivity index (χ2v) is 3.86. The molecule has 0 aliphatic carbocycles. The molecule has 5 heteroatoms. The van der Waals surface area contributed by atoms with Crippen LogP contribution in [0.1, 0.15) is 24.2 Å². The Balaban J connectivity index is 2.58. The predicted molar refractivity (Wildman–Crippen MR) is 68.7 cm³/mol. The van der Waals surface area contributed by atoms with Crippen LogP contribution in [0.2, 0.25) is 0 Å². The van der Waals surface area contributed by atoms with Gasteiger partial charge in [0.25, 0.3) is 5.91 Å². The summed E-state index contributed by atoms with van der Waals surface area (Å²) >= 11 is 0. The number of carbonyl (C=O) groups is 1. The van der Waals surface area contributed by atoms with Crippen molar-refractivity contribution < 1.29 is 9.53 Å². The van der Waals surface area contributed by atoms with E-state index in [1.54, 1.807) is 18.2 Å². The minimum absolute atomic E-state index is 0.0117. The SMILES string of the molecule is CCOC(C)CNC(=O)c1cc(N)cc(N)c1. The number of hydrogen-bond acceptors (Lipinski definition) is 4. The molecule has 0 heterocycles. The van der Waals surface area contributed by atoms with E-state index in [0.717, 1.165) is 0 Å². The molecule has 94 valence electrons. The van der Waals surface area contributed by atoms with Gasteiger partial charge >= 0.3 is 0 Å². The molecule has 17 heavy (non-hydrogen) atoms. The number of ether oxygens (including phenoxy) is 1. The third-order valence-electron chi connectivity index (χ3n) is 2.24. The summed E-state index contributed by atoms with van der Waals surface area (Å²) in [6.45, 7) is 4.90. The van der Waals surface area contributed by atoms with Crippen LogP contribution in [0.5, 0.6) is 0 Å². The number of nitrogens with one attached hydrogen (secondary N) is 1. The number of anilines is 2. The number of rotatable bonds is 5. The Morgan fingerprint density at radius 1 is 1.35 bits per heavy atom. The van der Waals surface area contributed by atoms with Crippen LogP contribution in [-0.4, -0.2) is 25.2 Å². The third kappa shape index (κ3) is 4.32. The van der Waals surface area contributed by atoms with Crippen molar-refractivity contribution in [2.45, 2.75) is 20.0 Å². The van der Waals surface area contributed by atoms with Crippen LogP contribution in [0.3, 0.4) is 0 Å². The van der Waals surface area contributed by atoms with Gasteiger partial charge in [0.2, 0.25) is 0 Å². The van der Waals surface area contributed by atoms with E-state index in [4.69, 9.17) is 16.2 Å². The summed E-state index contributed by atoms with van der Waals surface area (Å²) in [7, 11) is 0. The first-order valence-corrected chi connectivity index (χ1v) is 5.58. The zero-order chi connectivity index (χ0) is 12.8. The van der Waals surface area contributed by atoms with Gasteiger partial charge in [-0.2, -0.15) is 0 Å². The number of nitrogen functional groups attached to an aromatic ring is 2.